The van der Waals surface area contributed by atoms with E-state index in [-0.39, 0.29) is 22.1 Å². The first-order valence-corrected chi connectivity index (χ1v) is 9.15. The number of carbonyl (C=O) groups is 1. The average Bonchev–Trinajstić information content (AvgIpc) is 2.56. The predicted octanol–water partition coefficient (Wildman–Crippen LogP) is 3.49. The first-order valence-electron chi connectivity index (χ1n) is 7.12. The van der Waals surface area contributed by atoms with E-state index in [1.807, 2.05) is 0 Å². The molecule has 0 radical (unpaired) electrons. The Balaban J connectivity index is 2.16. The molecule has 2 aromatic rings. The summed E-state index contributed by atoms with van der Waals surface area (Å²) in [6.45, 7) is 1.52. The highest BCUT2D eigenvalue weighted by Crippen LogP contribution is 2.27. The second kappa shape index (κ2) is 7.51. The monoisotopic (exact) mass is 365 g/mol. The van der Waals surface area contributed by atoms with E-state index in [4.69, 9.17) is 11.6 Å². The quantitative estimate of drug-likeness (QED) is 0.627. The average molecular weight is 366 g/mol. The molecule has 0 saturated heterocycles. The van der Waals surface area contributed by atoms with Crippen LogP contribution in [0.2, 0.25) is 5.02 Å². The molecule has 0 unspecified atom stereocenters. The van der Waals surface area contributed by atoms with Gasteiger partial charge in [-0.3, -0.25) is 4.79 Å². The van der Waals surface area contributed by atoms with Gasteiger partial charge in [-0.1, -0.05) is 30.7 Å². The molecule has 0 aliphatic rings. The van der Waals surface area contributed by atoms with E-state index in [0.717, 1.165) is 5.56 Å². The fraction of sp³-hybridized carbons (Fsp3) is 0.118. The lowest BCUT2D eigenvalue weighted by molar-refractivity contribution is -0.111. The van der Waals surface area contributed by atoms with Crippen molar-refractivity contribution in [1.82, 2.24) is 0 Å². The summed E-state index contributed by atoms with van der Waals surface area (Å²) in [7, 11) is -3.43. The molecule has 0 aliphatic carbocycles. The molecule has 24 heavy (non-hydrogen) atoms. The van der Waals surface area contributed by atoms with E-state index in [1.165, 1.54) is 31.2 Å². The molecule has 0 saturated carbocycles. The van der Waals surface area contributed by atoms with Crippen LogP contribution >= 0.6 is 11.6 Å². The Morgan fingerprint density at radius 1 is 1.21 bits per heavy atom. The summed E-state index contributed by atoms with van der Waals surface area (Å²) < 4.78 is 23.7. The van der Waals surface area contributed by atoms with Crippen molar-refractivity contribution in [3.63, 3.8) is 0 Å². The molecule has 7 heteroatoms. The maximum Gasteiger partial charge on any atom is 0.248 e. The van der Waals surface area contributed by atoms with Crippen LogP contribution in [-0.4, -0.2) is 25.2 Å². The van der Waals surface area contributed by atoms with Crippen LogP contribution in [0.1, 0.15) is 12.5 Å². The summed E-state index contributed by atoms with van der Waals surface area (Å²) in [5.74, 6) is -0.772. The third-order valence-corrected chi connectivity index (χ3v) is 5.25. The van der Waals surface area contributed by atoms with Crippen LogP contribution in [0, 0.1) is 0 Å². The largest absolute Gasteiger partial charge is 0.506 e. The second-order valence-electron chi connectivity index (χ2n) is 4.96. The van der Waals surface area contributed by atoms with Crippen LogP contribution in [-0.2, 0) is 14.6 Å². The highest BCUT2D eigenvalue weighted by molar-refractivity contribution is 7.91. The van der Waals surface area contributed by atoms with Gasteiger partial charge in [0.1, 0.15) is 5.75 Å². The maximum absolute atomic E-state index is 12.0. The molecule has 2 N–H and O–H groups in total. The molecule has 2 rings (SSSR count). The predicted molar refractivity (Wildman–Crippen MR) is 94.9 cm³/mol. The standard InChI is InChI=1S/C17H16ClNO4S/c1-2-24(22,23)14-8-9-16(20)15(11-14)19-17(21)10-5-12-3-6-13(18)7-4-12/h3-11,20H,2H2,1H3,(H,19,21). The Bertz CT molecular complexity index is 874. The number of nitrogens with one attached hydrogen (secondary N) is 1. The van der Waals surface area contributed by atoms with Crippen molar-refractivity contribution in [3.8, 4) is 5.75 Å². The van der Waals surface area contributed by atoms with Gasteiger partial charge in [0.05, 0.1) is 16.3 Å². The summed E-state index contributed by atoms with van der Waals surface area (Å²) in [6.07, 6.45) is 2.86. The Hall–Kier alpha value is -2.31. The van der Waals surface area contributed by atoms with Gasteiger partial charge < -0.3 is 10.4 Å². The summed E-state index contributed by atoms with van der Waals surface area (Å²) >= 11 is 5.78. The SMILES string of the molecule is CCS(=O)(=O)c1ccc(O)c(NC(=O)C=Cc2ccc(Cl)cc2)c1. The molecular weight excluding hydrogens is 350 g/mol. The van der Waals surface area contributed by atoms with Gasteiger partial charge in [0.2, 0.25) is 5.91 Å². The highest BCUT2D eigenvalue weighted by Gasteiger charge is 2.14. The molecule has 0 fully saturated rings. The third kappa shape index (κ3) is 4.59. The lowest BCUT2D eigenvalue weighted by atomic mass is 10.2. The van der Waals surface area contributed by atoms with Gasteiger partial charge in [-0.05, 0) is 42.0 Å². The van der Waals surface area contributed by atoms with E-state index in [1.54, 1.807) is 30.3 Å². The zero-order chi connectivity index (χ0) is 17.7. The molecule has 2 aromatic carbocycles. The molecule has 0 atom stereocenters. The first kappa shape index (κ1) is 18.0. The summed E-state index contributed by atoms with van der Waals surface area (Å²) in [5.41, 5.74) is 0.816. The molecule has 126 valence electrons. The zero-order valence-electron chi connectivity index (χ0n) is 12.9. The third-order valence-electron chi connectivity index (χ3n) is 3.26. The summed E-state index contributed by atoms with van der Waals surface area (Å²) in [4.78, 5) is 12.0. The number of hydrogen-bond acceptors (Lipinski definition) is 4. The molecule has 0 aliphatic heterocycles. The number of hydrogen-bond donors (Lipinski definition) is 2. The number of halogens is 1. The molecule has 0 spiro atoms. The van der Waals surface area contributed by atoms with E-state index in [0.29, 0.717) is 5.02 Å². The lowest BCUT2D eigenvalue weighted by Gasteiger charge is -2.08. The van der Waals surface area contributed by atoms with E-state index < -0.39 is 15.7 Å². The van der Waals surface area contributed by atoms with Gasteiger partial charge in [-0.25, -0.2) is 8.42 Å². The van der Waals surface area contributed by atoms with Crippen LogP contribution in [0.15, 0.2) is 53.4 Å². The van der Waals surface area contributed by atoms with Crippen molar-refractivity contribution in [2.45, 2.75) is 11.8 Å². The van der Waals surface area contributed by atoms with Gasteiger partial charge in [-0.15, -0.1) is 0 Å². The number of aromatic hydroxyl groups is 1. The molecular formula is C17H16ClNO4S. The lowest BCUT2D eigenvalue weighted by Crippen LogP contribution is -2.10. The van der Waals surface area contributed by atoms with Crippen LogP contribution in [0.25, 0.3) is 6.08 Å². The van der Waals surface area contributed by atoms with Gasteiger partial charge in [0.15, 0.2) is 9.84 Å². The van der Waals surface area contributed by atoms with Gasteiger partial charge >= 0.3 is 0 Å². The maximum atomic E-state index is 12.0. The summed E-state index contributed by atoms with van der Waals surface area (Å²) in [5, 5.41) is 12.8. The first-order chi connectivity index (χ1) is 11.3. The fourth-order valence-corrected chi connectivity index (χ4v) is 2.93. The van der Waals surface area contributed by atoms with Gasteiger partial charge in [0.25, 0.3) is 0 Å². The summed E-state index contributed by atoms with van der Waals surface area (Å²) in [6, 6.07) is 10.7. The Labute approximate surface area is 145 Å². The number of phenols is 1. The Kier molecular flexibility index (Phi) is 5.64. The minimum atomic E-state index is -3.43. The van der Waals surface area contributed by atoms with Crippen molar-refractivity contribution < 1.29 is 18.3 Å². The van der Waals surface area contributed by atoms with Crippen molar-refractivity contribution >= 4 is 39.1 Å². The van der Waals surface area contributed by atoms with Crippen molar-refractivity contribution in [2.75, 3.05) is 11.1 Å². The number of amides is 1. The molecule has 0 bridgehead atoms. The van der Waals surface area contributed by atoms with Crippen LogP contribution in [0.3, 0.4) is 0 Å². The molecule has 0 heterocycles. The number of anilines is 1. The highest BCUT2D eigenvalue weighted by atomic mass is 35.5. The van der Waals surface area contributed by atoms with E-state index >= 15 is 0 Å². The zero-order valence-corrected chi connectivity index (χ0v) is 14.4. The number of benzene rings is 2. The minimum Gasteiger partial charge on any atom is -0.506 e. The van der Waals surface area contributed by atoms with Gasteiger partial charge in [0, 0.05) is 11.1 Å². The normalized spacial score (nSPS) is 11.6. The molecule has 0 aromatic heterocycles. The fourth-order valence-electron chi connectivity index (χ4n) is 1.90. The van der Waals surface area contributed by atoms with Crippen LogP contribution < -0.4 is 5.32 Å². The van der Waals surface area contributed by atoms with Crippen LogP contribution in [0.5, 0.6) is 5.75 Å². The number of rotatable bonds is 5. The number of sulfone groups is 1. The second-order valence-corrected chi connectivity index (χ2v) is 7.67. The van der Waals surface area contributed by atoms with E-state index in [9.17, 15) is 18.3 Å². The van der Waals surface area contributed by atoms with Crippen LogP contribution in [0.4, 0.5) is 5.69 Å². The molecule has 1 amide bonds. The van der Waals surface area contributed by atoms with Crippen molar-refractivity contribution in [1.29, 1.82) is 0 Å². The van der Waals surface area contributed by atoms with Gasteiger partial charge in [-0.2, -0.15) is 0 Å². The van der Waals surface area contributed by atoms with Crippen molar-refractivity contribution in [3.05, 3.63) is 59.1 Å². The van der Waals surface area contributed by atoms with Crippen molar-refractivity contribution in [2.24, 2.45) is 0 Å². The number of carbonyl (C=O) groups excluding carboxylic acids is 1. The minimum absolute atomic E-state index is 0.0373. The topological polar surface area (TPSA) is 83.5 Å². The smallest absolute Gasteiger partial charge is 0.248 e. The Morgan fingerprint density at radius 2 is 1.88 bits per heavy atom. The molecule has 5 nitrogen and oxygen atoms in total. The Morgan fingerprint density at radius 3 is 2.50 bits per heavy atom. The number of phenolic OH excluding ortho intramolecular Hbond substituents is 1. The van der Waals surface area contributed by atoms with E-state index in [2.05, 4.69) is 5.32 Å².